The van der Waals surface area contributed by atoms with Crippen molar-refractivity contribution >= 4 is 5.97 Å². The third-order valence-corrected chi connectivity index (χ3v) is 2.63. The molecule has 2 heteroatoms. The number of carbonyl (C=O) groups excluding carboxylic acids is 1. The van der Waals surface area contributed by atoms with Crippen LogP contribution in [0.1, 0.15) is 47.0 Å². The van der Waals surface area contributed by atoms with Crippen molar-refractivity contribution < 1.29 is 9.53 Å². The lowest BCUT2D eigenvalue weighted by molar-refractivity contribution is -0.149. The van der Waals surface area contributed by atoms with Crippen LogP contribution < -0.4 is 0 Å². The second kappa shape index (κ2) is 6.93. The maximum atomic E-state index is 11.3. The predicted molar refractivity (Wildman–Crippen MR) is 54.5 cm³/mol. The number of esters is 1. The Hall–Kier alpha value is -0.530. The van der Waals surface area contributed by atoms with Gasteiger partial charge in [-0.2, -0.15) is 0 Å². The van der Waals surface area contributed by atoms with Gasteiger partial charge in [0.25, 0.3) is 0 Å². The van der Waals surface area contributed by atoms with E-state index < -0.39 is 0 Å². The van der Waals surface area contributed by atoms with Gasteiger partial charge in [-0.05, 0) is 12.3 Å². The van der Waals surface area contributed by atoms with Gasteiger partial charge in [-0.25, -0.2) is 0 Å². The van der Waals surface area contributed by atoms with E-state index in [1.54, 1.807) is 0 Å². The molecule has 0 bridgehead atoms. The molecule has 0 N–H and O–H groups in total. The van der Waals surface area contributed by atoms with Crippen LogP contribution in [-0.2, 0) is 9.53 Å². The lowest BCUT2D eigenvalue weighted by Gasteiger charge is -2.14. The van der Waals surface area contributed by atoms with Crippen LogP contribution >= 0.6 is 0 Å². The molecule has 1 atom stereocenters. The van der Waals surface area contributed by atoms with E-state index in [2.05, 4.69) is 13.8 Å². The Morgan fingerprint density at radius 2 is 1.69 bits per heavy atom. The van der Waals surface area contributed by atoms with Gasteiger partial charge < -0.3 is 4.74 Å². The Morgan fingerprint density at radius 3 is 2.08 bits per heavy atom. The summed E-state index contributed by atoms with van der Waals surface area (Å²) >= 11 is 0. The standard InChI is InChI=1S/C11H22O2/c1-5-9(4)11(12)13-8-10(6-2)7-3/h9-10H,5-8H2,1-4H3. The molecule has 2 nitrogen and oxygen atoms in total. The third kappa shape index (κ3) is 4.91. The first-order chi connectivity index (χ1) is 6.15. The molecule has 0 aliphatic heterocycles. The molecule has 0 saturated carbocycles. The van der Waals surface area contributed by atoms with E-state index in [-0.39, 0.29) is 11.9 Å². The highest BCUT2D eigenvalue weighted by Crippen LogP contribution is 2.10. The van der Waals surface area contributed by atoms with Gasteiger partial charge in [0.2, 0.25) is 0 Å². The fourth-order valence-electron chi connectivity index (χ4n) is 1.03. The molecule has 0 heterocycles. The fraction of sp³-hybridized carbons (Fsp3) is 0.909. The average Bonchev–Trinajstić information content (AvgIpc) is 2.17. The number of hydrogen-bond acceptors (Lipinski definition) is 2. The summed E-state index contributed by atoms with van der Waals surface area (Å²) in [6, 6.07) is 0. The Bertz CT molecular complexity index is 139. The van der Waals surface area contributed by atoms with Crippen molar-refractivity contribution in [1.29, 1.82) is 0 Å². The predicted octanol–water partition coefficient (Wildman–Crippen LogP) is 3.01. The van der Waals surface area contributed by atoms with Crippen LogP contribution in [-0.4, -0.2) is 12.6 Å². The number of rotatable bonds is 6. The molecule has 13 heavy (non-hydrogen) atoms. The van der Waals surface area contributed by atoms with Gasteiger partial charge in [-0.1, -0.05) is 40.5 Å². The van der Waals surface area contributed by atoms with Crippen molar-refractivity contribution in [2.75, 3.05) is 6.61 Å². The Kier molecular flexibility index (Phi) is 6.65. The van der Waals surface area contributed by atoms with Gasteiger partial charge in [-0.15, -0.1) is 0 Å². The summed E-state index contributed by atoms with van der Waals surface area (Å²) in [6.07, 6.45) is 3.04. The van der Waals surface area contributed by atoms with Crippen molar-refractivity contribution in [3.05, 3.63) is 0 Å². The second-order valence-corrected chi connectivity index (χ2v) is 3.62. The summed E-state index contributed by atoms with van der Waals surface area (Å²) in [4.78, 5) is 11.3. The van der Waals surface area contributed by atoms with Crippen LogP contribution in [0.3, 0.4) is 0 Å². The van der Waals surface area contributed by atoms with E-state index in [1.165, 1.54) is 0 Å². The smallest absolute Gasteiger partial charge is 0.308 e. The largest absolute Gasteiger partial charge is 0.465 e. The Balaban J connectivity index is 3.68. The minimum absolute atomic E-state index is 0.0469. The molecule has 0 aliphatic rings. The highest BCUT2D eigenvalue weighted by atomic mass is 16.5. The van der Waals surface area contributed by atoms with Crippen molar-refractivity contribution in [2.24, 2.45) is 11.8 Å². The SMILES string of the molecule is CCC(CC)COC(=O)C(C)CC. The minimum Gasteiger partial charge on any atom is -0.465 e. The van der Waals surface area contributed by atoms with Crippen LogP contribution in [0.15, 0.2) is 0 Å². The lowest BCUT2D eigenvalue weighted by atomic mass is 10.1. The Labute approximate surface area is 81.7 Å². The summed E-state index contributed by atoms with van der Waals surface area (Å²) in [5.74, 6) is 0.539. The number of carbonyl (C=O) groups is 1. The summed E-state index contributed by atoms with van der Waals surface area (Å²) < 4.78 is 5.20. The first-order valence-corrected chi connectivity index (χ1v) is 5.32. The lowest BCUT2D eigenvalue weighted by Crippen LogP contribution is -2.18. The van der Waals surface area contributed by atoms with Crippen molar-refractivity contribution in [2.45, 2.75) is 47.0 Å². The molecule has 0 aromatic heterocycles. The Morgan fingerprint density at radius 1 is 1.15 bits per heavy atom. The second-order valence-electron chi connectivity index (χ2n) is 3.62. The van der Waals surface area contributed by atoms with Crippen molar-refractivity contribution in [1.82, 2.24) is 0 Å². The van der Waals surface area contributed by atoms with Crippen LogP contribution in [0.5, 0.6) is 0 Å². The molecule has 1 unspecified atom stereocenters. The normalized spacial score (nSPS) is 13.0. The van der Waals surface area contributed by atoms with E-state index in [1.807, 2.05) is 13.8 Å². The first kappa shape index (κ1) is 12.5. The van der Waals surface area contributed by atoms with Crippen LogP contribution in [0.25, 0.3) is 0 Å². The van der Waals surface area contributed by atoms with E-state index >= 15 is 0 Å². The van der Waals surface area contributed by atoms with Crippen molar-refractivity contribution in [3.8, 4) is 0 Å². The zero-order valence-corrected chi connectivity index (χ0v) is 9.30. The molecule has 78 valence electrons. The van der Waals surface area contributed by atoms with Gasteiger partial charge >= 0.3 is 5.97 Å². The molecule has 0 fully saturated rings. The van der Waals surface area contributed by atoms with Gasteiger partial charge in [0.1, 0.15) is 0 Å². The molecule has 0 saturated heterocycles. The van der Waals surface area contributed by atoms with Gasteiger partial charge in [0.15, 0.2) is 0 Å². The zero-order chi connectivity index (χ0) is 10.3. The first-order valence-electron chi connectivity index (χ1n) is 5.32. The van der Waals surface area contributed by atoms with Crippen molar-refractivity contribution in [3.63, 3.8) is 0 Å². The summed E-state index contributed by atoms with van der Waals surface area (Å²) in [6.45, 7) is 8.77. The molecular formula is C11H22O2. The van der Waals surface area contributed by atoms with E-state index in [0.29, 0.717) is 12.5 Å². The number of hydrogen-bond donors (Lipinski definition) is 0. The minimum atomic E-state index is -0.0469. The number of ether oxygens (including phenoxy) is 1. The summed E-state index contributed by atoms with van der Waals surface area (Å²) in [5.41, 5.74) is 0. The van der Waals surface area contributed by atoms with Gasteiger partial charge in [0.05, 0.1) is 12.5 Å². The molecule has 0 amide bonds. The molecule has 0 spiro atoms. The molecule has 0 radical (unpaired) electrons. The maximum absolute atomic E-state index is 11.3. The highest BCUT2D eigenvalue weighted by molar-refractivity contribution is 5.71. The maximum Gasteiger partial charge on any atom is 0.308 e. The summed E-state index contributed by atoms with van der Waals surface area (Å²) in [7, 11) is 0. The third-order valence-electron chi connectivity index (χ3n) is 2.63. The summed E-state index contributed by atoms with van der Waals surface area (Å²) in [5, 5.41) is 0. The molecule has 0 aliphatic carbocycles. The molecule has 0 aromatic rings. The van der Waals surface area contributed by atoms with Crippen LogP contribution in [0.2, 0.25) is 0 Å². The fourth-order valence-corrected chi connectivity index (χ4v) is 1.03. The zero-order valence-electron chi connectivity index (χ0n) is 9.30. The molecular weight excluding hydrogens is 164 g/mol. The van der Waals surface area contributed by atoms with Gasteiger partial charge in [0, 0.05) is 0 Å². The highest BCUT2D eigenvalue weighted by Gasteiger charge is 2.13. The van der Waals surface area contributed by atoms with E-state index in [9.17, 15) is 4.79 Å². The average molecular weight is 186 g/mol. The van der Waals surface area contributed by atoms with Gasteiger partial charge in [-0.3, -0.25) is 4.79 Å². The van der Waals surface area contributed by atoms with E-state index in [4.69, 9.17) is 4.74 Å². The van der Waals surface area contributed by atoms with Crippen LogP contribution in [0, 0.1) is 11.8 Å². The molecule has 0 aromatic carbocycles. The topological polar surface area (TPSA) is 26.3 Å². The quantitative estimate of drug-likeness (QED) is 0.596. The van der Waals surface area contributed by atoms with E-state index in [0.717, 1.165) is 19.3 Å². The van der Waals surface area contributed by atoms with Crippen LogP contribution in [0.4, 0.5) is 0 Å². The monoisotopic (exact) mass is 186 g/mol. The molecule has 0 rings (SSSR count).